The van der Waals surface area contributed by atoms with Crippen LogP contribution in [0.3, 0.4) is 0 Å². The van der Waals surface area contributed by atoms with Gasteiger partial charge in [-0.05, 0) is 12.8 Å². The molecule has 1 unspecified atom stereocenters. The van der Waals surface area contributed by atoms with E-state index in [1.165, 1.54) is 0 Å². The molecule has 11 heavy (non-hydrogen) atoms. The van der Waals surface area contributed by atoms with Crippen molar-refractivity contribution in [3.05, 3.63) is 12.3 Å². The molecule has 0 radical (unpaired) electrons. The molecule has 1 aliphatic heterocycles. The predicted octanol–water partition coefficient (Wildman–Crippen LogP) is 0.340. The lowest BCUT2D eigenvalue weighted by atomic mass is 10.2. The van der Waals surface area contributed by atoms with Crippen LogP contribution in [0.15, 0.2) is 12.3 Å². The van der Waals surface area contributed by atoms with Crippen molar-refractivity contribution in [2.75, 3.05) is 14.1 Å². The Hall–Kier alpha value is -0.990. The van der Waals surface area contributed by atoms with Gasteiger partial charge in [-0.3, -0.25) is 4.79 Å². The maximum Gasteiger partial charge on any atom is 0.244 e. The minimum absolute atomic E-state index is 0.0301. The molecule has 1 N–H and O–H groups in total. The fraction of sp³-hybridized carbons (Fsp3) is 0.625. The highest BCUT2D eigenvalue weighted by Gasteiger charge is 2.24. The molecular weight excluding hydrogens is 140 g/mol. The highest BCUT2D eigenvalue weighted by atomic mass is 16.2. The second-order valence-electron chi connectivity index (χ2n) is 3.07. The summed E-state index contributed by atoms with van der Waals surface area (Å²) in [5.74, 6) is 0.142. The second-order valence-corrected chi connectivity index (χ2v) is 3.07. The number of hydrogen-bond acceptors (Lipinski definition) is 2. The second kappa shape index (κ2) is 2.95. The normalized spacial score (nSPS) is 23.1. The number of nitrogens with zero attached hydrogens (tertiary/aromatic N) is 1. The van der Waals surface area contributed by atoms with Crippen LogP contribution in [-0.2, 0) is 4.79 Å². The van der Waals surface area contributed by atoms with Crippen LogP contribution in [0.2, 0.25) is 0 Å². The van der Waals surface area contributed by atoms with Gasteiger partial charge < -0.3 is 10.2 Å². The number of rotatable bonds is 1. The van der Waals surface area contributed by atoms with Gasteiger partial charge in [-0.15, -0.1) is 0 Å². The number of carbonyl (C=O) groups is 1. The first-order valence-corrected chi connectivity index (χ1v) is 3.76. The van der Waals surface area contributed by atoms with Crippen molar-refractivity contribution < 1.29 is 4.79 Å². The number of hydrogen-bond donors (Lipinski definition) is 1. The van der Waals surface area contributed by atoms with Gasteiger partial charge in [0.15, 0.2) is 0 Å². The van der Waals surface area contributed by atoms with E-state index < -0.39 is 0 Å². The Balaban J connectivity index is 2.50. The maximum absolute atomic E-state index is 11.3. The smallest absolute Gasteiger partial charge is 0.244 e. The summed E-state index contributed by atoms with van der Waals surface area (Å²) >= 11 is 0. The minimum Gasteiger partial charge on any atom is -0.378 e. The van der Waals surface area contributed by atoms with E-state index in [1.54, 1.807) is 19.0 Å². The van der Waals surface area contributed by atoms with Crippen LogP contribution in [0, 0.1) is 0 Å². The van der Waals surface area contributed by atoms with Crippen molar-refractivity contribution in [2.24, 2.45) is 0 Å². The highest BCUT2D eigenvalue weighted by Crippen LogP contribution is 2.14. The Morgan fingerprint density at radius 2 is 2.36 bits per heavy atom. The molecule has 62 valence electrons. The predicted molar refractivity (Wildman–Crippen MR) is 44.0 cm³/mol. The third-order valence-corrected chi connectivity index (χ3v) is 1.85. The molecule has 0 saturated carbocycles. The van der Waals surface area contributed by atoms with E-state index in [1.807, 2.05) is 0 Å². The summed E-state index contributed by atoms with van der Waals surface area (Å²) in [7, 11) is 3.54. The van der Waals surface area contributed by atoms with Gasteiger partial charge in [-0.25, -0.2) is 0 Å². The van der Waals surface area contributed by atoms with Gasteiger partial charge in [-0.2, -0.15) is 0 Å². The van der Waals surface area contributed by atoms with E-state index in [2.05, 4.69) is 11.9 Å². The van der Waals surface area contributed by atoms with Crippen molar-refractivity contribution in [3.63, 3.8) is 0 Å². The van der Waals surface area contributed by atoms with E-state index in [0.29, 0.717) is 0 Å². The molecule has 0 aromatic heterocycles. The first-order valence-electron chi connectivity index (χ1n) is 3.76. The lowest BCUT2D eigenvalue weighted by Crippen LogP contribution is -2.39. The third kappa shape index (κ3) is 1.73. The lowest BCUT2D eigenvalue weighted by molar-refractivity contribution is -0.130. The van der Waals surface area contributed by atoms with Gasteiger partial charge in [-0.1, -0.05) is 6.58 Å². The third-order valence-electron chi connectivity index (χ3n) is 1.85. The molecule has 0 aromatic rings. The quantitative estimate of drug-likeness (QED) is 0.590. The fourth-order valence-corrected chi connectivity index (χ4v) is 1.21. The minimum atomic E-state index is -0.0301. The Bertz CT molecular complexity index is 187. The van der Waals surface area contributed by atoms with Crippen molar-refractivity contribution in [2.45, 2.75) is 18.9 Å². The van der Waals surface area contributed by atoms with E-state index in [9.17, 15) is 4.79 Å². The average Bonchev–Trinajstić information content (AvgIpc) is 2.34. The molecule has 1 rings (SSSR count). The van der Waals surface area contributed by atoms with E-state index in [0.717, 1.165) is 18.5 Å². The standard InChI is InChI=1S/C8H14N2O/c1-6-4-5-7(9-6)8(11)10(2)3/h7,9H,1,4-5H2,2-3H3. The van der Waals surface area contributed by atoms with Crippen molar-refractivity contribution >= 4 is 5.91 Å². The lowest BCUT2D eigenvalue weighted by Gasteiger charge is -2.15. The molecule has 0 aromatic carbocycles. The van der Waals surface area contributed by atoms with Crippen LogP contribution in [0.25, 0.3) is 0 Å². The zero-order valence-electron chi connectivity index (χ0n) is 7.05. The molecule has 0 spiro atoms. The van der Waals surface area contributed by atoms with Crippen molar-refractivity contribution in [3.8, 4) is 0 Å². The Morgan fingerprint density at radius 1 is 1.73 bits per heavy atom. The Morgan fingerprint density at radius 3 is 2.73 bits per heavy atom. The summed E-state index contributed by atoms with van der Waals surface area (Å²) < 4.78 is 0. The Kier molecular flexibility index (Phi) is 2.17. The van der Waals surface area contributed by atoms with E-state index in [4.69, 9.17) is 0 Å². The SMILES string of the molecule is C=C1CCC(C(=O)N(C)C)N1. The molecule has 1 atom stereocenters. The van der Waals surface area contributed by atoms with Crippen LogP contribution < -0.4 is 5.32 Å². The molecule has 0 aliphatic carbocycles. The van der Waals surface area contributed by atoms with E-state index in [-0.39, 0.29) is 11.9 Å². The average molecular weight is 154 g/mol. The van der Waals surface area contributed by atoms with Gasteiger partial charge in [0.25, 0.3) is 0 Å². The van der Waals surface area contributed by atoms with Crippen LogP contribution >= 0.6 is 0 Å². The molecular formula is C8H14N2O. The molecule has 3 nitrogen and oxygen atoms in total. The Labute approximate surface area is 67.1 Å². The monoisotopic (exact) mass is 154 g/mol. The van der Waals surface area contributed by atoms with Gasteiger partial charge in [0.2, 0.25) is 5.91 Å². The largest absolute Gasteiger partial charge is 0.378 e. The zero-order chi connectivity index (χ0) is 8.43. The molecule has 1 fully saturated rings. The van der Waals surface area contributed by atoms with Gasteiger partial charge in [0.05, 0.1) is 0 Å². The highest BCUT2D eigenvalue weighted by molar-refractivity contribution is 5.82. The van der Waals surface area contributed by atoms with Crippen LogP contribution in [0.5, 0.6) is 0 Å². The molecule has 1 aliphatic rings. The zero-order valence-corrected chi connectivity index (χ0v) is 7.05. The molecule has 3 heteroatoms. The molecule has 1 amide bonds. The topological polar surface area (TPSA) is 32.3 Å². The van der Waals surface area contributed by atoms with Crippen LogP contribution in [0.1, 0.15) is 12.8 Å². The number of amides is 1. The van der Waals surface area contributed by atoms with Gasteiger partial charge in [0.1, 0.15) is 6.04 Å². The molecule has 0 bridgehead atoms. The number of nitrogens with one attached hydrogen (secondary N) is 1. The number of likely N-dealkylation sites (N-methyl/N-ethyl adjacent to an activating group) is 1. The number of carbonyl (C=O) groups excluding carboxylic acids is 1. The van der Waals surface area contributed by atoms with Crippen molar-refractivity contribution in [1.82, 2.24) is 10.2 Å². The summed E-state index contributed by atoms with van der Waals surface area (Å²) in [5, 5.41) is 3.05. The first-order chi connectivity index (χ1) is 5.11. The van der Waals surface area contributed by atoms with Crippen LogP contribution in [0.4, 0.5) is 0 Å². The maximum atomic E-state index is 11.3. The van der Waals surface area contributed by atoms with E-state index >= 15 is 0 Å². The summed E-state index contributed by atoms with van der Waals surface area (Å²) in [6.07, 6.45) is 1.81. The summed E-state index contributed by atoms with van der Waals surface area (Å²) in [4.78, 5) is 12.9. The fourth-order valence-electron chi connectivity index (χ4n) is 1.21. The summed E-state index contributed by atoms with van der Waals surface area (Å²) in [6.45, 7) is 3.76. The van der Waals surface area contributed by atoms with Gasteiger partial charge >= 0.3 is 0 Å². The van der Waals surface area contributed by atoms with Crippen molar-refractivity contribution in [1.29, 1.82) is 0 Å². The molecule has 1 saturated heterocycles. The summed E-state index contributed by atoms with van der Waals surface area (Å²) in [5.41, 5.74) is 0.977. The van der Waals surface area contributed by atoms with Crippen LogP contribution in [-0.4, -0.2) is 30.9 Å². The molecule has 1 heterocycles. The van der Waals surface area contributed by atoms with Gasteiger partial charge in [0, 0.05) is 19.8 Å². The summed E-state index contributed by atoms with van der Waals surface area (Å²) in [6, 6.07) is -0.0301. The number of allylic oxidation sites excluding steroid dienone is 1. The first kappa shape index (κ1) is 8.11.